The van der Waals surface area contributed by atoms with Crippen LogP contribution in [-0.2, 0) is 24.6 Å². The molecule has 10 nitrogen and oxygen atoms in total. The molecule has 2 atom stereocenters. The van der Waals surface area contributed by atoms with Crippen LogP contribution in [0.5, 0.6) is 5.75 Å². The molecule has 1 N–H and O–H groups in total. The first-order valence-corrected chi connectivity index (χ1v) is 10.3. The van der Waals surface area contributed by atoms with Crippen LogP contribution in [-0.4, -0.2) is 42.7 Å². The van der Waals surface area contributed by atoms with Gasteiger partial charge in [0.25, 0.3) is 5.69 Å². The third kappa shape index (κ3) is 9.20. The van der Waals surface area contributed by atoms with Crippen LogP contribution in [0.3, 0.4) is 0 Å². The number of ether oxygens (including phenoxy) is 2. The van der Waals surface area contributed by atoms with Crippen molar-refractivity contribution >= 4 is 22.0 Å². The van der Waals surface area contributed by atoms with E-state index in [1.54, 1.807) is 41.5 Å². The normalized spacial score (nSPS) is 14.7. The molecule has 29 heavy (non-hydrogen) atoms. The number of rotatable bonds is 8. The summed E-state index contributed by atoms with van der Waals surface area (Å²) in [4.78, 5) is 22.6. The van der Waals surface area contributed by atoms with E-state index in [1.807, 2.05) is 0 Å². The van der Waals surface area contributed by atoms with E-state index in [-0.39, 0.29) is 11.4 Å². The Labute approximate surface area is 170 Å². The highest BCUT2D eigenvalue weighted by molar-refractivity contribution is 7.85. The zero-order valence-corrected chi connectivity index (χ0v) is 18.4. The topological polar surface area (TPSA) is 134 Å². The third-order valence-electron chi connectivity index (χ3n) is 3.19. The molecule has 0 fully saturated rings. The van der Waals surface area contributed by atoms with Gasteiger partial charge in [-0.05, 0) is 60.6 Å². The average molecular weight is 432 g/mol. The van der Waals surface area contributed by atoms with Crippen molar-refractivity contribution in [3.63, 3.8) is 0 Å². The molecule has 0 aliphatic carbocycles. The summed E-state index contributed by atoms with van der Waals surface area (Å²) in [7, 11) is -4.47. The lowest BCUT2D eigenvalue weighted by Gasteiger charge is -2.31. The molecule has 1 rings (SSSR count). The zero-order chi connectivity index (χ0) is 22.6. The average Bonchev–Trinajstić information content (AvgIpc) is 2.49. The smallest absolute Gasteiger partial charge is 0.383 e. The molecule has 1 unspecified atom stereocenters. The molecule has 0 amide bonds. The van der Waals surface area contributed by atoms with Gasteiger partial charge in [-0.2, -0.15) is 13.1 Å². The molecule has 11 heteroatoms. The maximum absolute atomic E-state index is 12.6. The molecule has 164 valence electrons. The molecule has 1 aromatic rings. The summed E-state index contributed by atoms with van der Waals surface area (Å²) in [5.41, 5.74) is -1.72. The van der Waals surface area contributed by atoms with Crippen LogP contribution in [0.4, 0.5) is 5.69 Å². The summed E-state index contributed by atoms with van der Waals surface area (Å²) in [6.45, 7) is 11.8. The number of benzene rings is 1. The van der Waals surface area contributed by atoms with Gasteiger partial charge in [0.1, 0.15) is 17.4 Å². The van der Waals surface area contributed by atoms with Crippen molar-refractivity contribution in [3.05, 3.63) is 34.4 Å². The van der Waals surface area contributed by atoms with Gasteiger partial charge in [0.2, 0.25) is 0 Å². The van der Waals surface area contributed by atoms with Crippen molar-refractivity contribution in [3.8, 4) is 5.75 Å². The minimum atomic E-state index is -4.47. The molecule has 0 radical (unpaired) electrons. The van der Waals surface area contributed by atoms with Crippen molar-refractivity contribution < 1.29 is 31.8 Å². The number of nitrogens with zero attached hydrogens (tertiary/aromatic N) is 1. The second-order valence-corrected chi connectivity index (χ2v) is 9.66. The monoisotopic (exact) mass is 432 g/mol. The van der Waals surface area contributed by atoms with Crippen LogP contribution >= 0.6 is 0 Å². The highest BCUT2D eigenvalue weighted by Crippen LogP contribution is 2.20. The Kier molecular flexibility index (Phi) is 7.74. The van der Waals surface area contributed by atoms with E-state index >= 15 is 0 Å². The Morgan fingerprint density at radius 3 is 2.00 bits per heavy atom. The molecular weight excluding hydrogens is 404 g/mol. The summed E-state index contributed by atoms with van der Waals surface area (Å²) >= 11 is 0. The standard InChI is InChI=1S/C18H28N2O8S/c1-12(26-17(2,3)4)15(16(21)27-18(5,6)7)19-29(24,25)28-14-10-8-13(9-11-14)20(22)23/h8-12,15,19H,1-7H3/t12?,15-/m0/s1. The first-order valence-electron chi connectivity index (χ1n) is 8.86. The molecule has 0 heterocycles. The van der Waals surface area contributed by atoms with Gasteiger partial charge in [-0.15, -0.1) is 0 Å². The van der Waals surface area contributed by atoms with E-state index in [4.69, 9.17) is 13.7 Å². The number of nitrogens with one attached hydrogen (secondary N) is 1. The maximum Gasteiger partial charge on any atom is 0.383 e. The number of nitro groups is 1. The fraction of sp³-hybridized carbons (Fsp3) is 0.611. The van der Waals surface area contributed by atoms with E-state index < -0.39 is 44.5 Å². The van der Waals surface area contributed by atoms with E-state index in [1.165, 1.54) is 6.92 Å². The molecule has 0 bridgehead atoms. The number of esters is 1. The van der Waals surface area contributed by atoms with E-state index in [9.17, 15) is 23.3 Å². The Bertz CT molecular complexity index is 823. The lowest BCUT2D eigenvalue weighted by Crippen LogP contribution is -2.53. The number of hydrogen-bond acceptors (Lipinski definition) is 8. The summed E-state index contributed by atoms with van der Waals surface area (Å²) < 4.78 is 42.9. The fourth-order valence-electron chi connectivity index (χ4n) is 2.26. The number of hydrogen-bond donors (Lipinski definition) is 1. The Morgan fingerprint density at radius 1 is 1.07 bits per heavy atom. The third-order valence-corrected chi connectivity index (χ3v) is 4.15. The van der Waals surface area contributed by atoms with Crippen LogP contribution in [0.1, 0.15) is 48.5 Å². The quantitative estimate of drug-likeness (QED) is 0.376. The molecule has 0 aliphatic rings. The summed E-state index contributed by atoms with van der Waals surface area (Å²) in [5.74, 6) is -0.986. The number of non-ortho nitro benzene ring substituents is 1. The molecule has 0 aliphatic heterocycles. The highest BCUT2D eigenvalue weighted by atomic mass is 32.2. The van der Waals surface area contributed by atoms with E-state index in [0.29, 0.717) is 0 Å². The van der Waals surface area contributed by atoms with E-state index in [2.05, 4.69) is 4.72 Å². The molecule has 0 spiro atoms. The van der Waals surface area contributed by atoms with Gasteiger partial charge >= 0.3 is 16.3 Å². The van der Waals surface area contributed by atoms with Crippen molar-refractivity contribution in [2.45, 2.75) is 71.8 Å². The number of carbonyl (C=O) groups is 1. The van der Waals surface area contributed by atoms with Gasteiger partial charge in [0, 0.05) is 12.1 Å². The van der Waals surface area contributed by atoms with E-state index in [0.717, 1.165) is 24.3 Å². The van der Waals surface area contributed by atoms with Crippen LogP contribution in [0.2, 0.25) is 0 Å². The Morgan fingerprint density at radius 2 is 1.59 bits per heavy atom. The minimum absolute atomic E-state index is 0.157. The van der Waals surface area contributed by atoms with Crippen molar-refractivity contribution in [1.82, 2.24) is 4.72 Å². The fourth-order valence-corrected chi connectivity index (χ4v) is 3.27. The lowest BCUT2D eigenvalue weighted by atomic mass is 10.1. The van der Waals surface area contributed by atoms with Crippen molar-refractivity contribution in [1.29, 1.82) is 0 Å². The lowest BCUT2D eigenvalue weighted by molar-refractivity contribution is -0.384. The van der Waals surface area contributed by atoms with Gasteiger partial charge in [-0.25, -0.2) is 0 Å². The van der Waals surface area contributed by atoms with Gasteiger partial charge in [0.05, 0.1) is 16.6 Å². The first kappa shape index (κ1) is 24.8. The SMILES string of the molecule is CC(OC(C)(C)C)[C@H](NS(=O)(=O)Oc1ccc([N+](=O)[O-])cc1)C(=O)OC(C)(C)C. The number of nitro benzene ring substituents is 1. The highest BCUT2D eigenvalue weighted by Gasteiger charge is 2.36. The van der Waals surface area contributed by atoms with Crippen LogP contribution < -0.4 is 8.91 Å². The largest absolute Gasteiger partial charge is 0.459 e. The van der Waals surface area contributed by atoms with Crippen LogP contribution in [0.15, 0.2) is 24.3 Å². The van der Waals surface area contributed by atoms with Gasteiger partial charge in [-0.3, -0.25) is 14.9 Å². The predicted molar refractivity (Wildman–Crippen MR) is 106 cm³/mol. The molecular formula is C18H28N2O8S. The van der Waals surface area contributed by atoms with Crippen molar-refractivity contribution in [2.24, 2.45) is 0 Å². The first-order chi connectivity index (χ1) is 13.0. The molecule has 0 saturated heterocycles. The Hall–Kier alpha value is -2.24. The second-order valence-electron chi connectivity index (χ2n) is 8.35. The maximum atomic E-state index is 12.6. The second kappa shape index (κ2) is 9.06. The minimum Gasteiger partial charge on any atom is -0.459 e. The molecule has 0 saturated carbocycles. The van der Waals surface area contributed by atoms with Gasteiger partial charge in [-0.1, -0.05) is 0 Å². The zero-order valence-electron chi connectivity index (χ0n) is 17.6. The summed E-state index contributed by atoms with van der Waals surface area (Å²) in [5, 5.41) is 10.7. The summed E-state index contributed by atoms with van der Waals surface area (Å²) in [6, 6.07) is 3.09. The number of carbonyl (C=O) groups excluding carboxylic acids is 1. The molecule has 0 aromatic heterocycles. The Balaban J connectivity index is 3.05. The van der Waals surface area contributed by atoms with Crippen molar-refractivity contribution in [2.75, 3.05) is 0 Å². The van der Waals surface area contributed by atoms with Crippen LogP contribution in [0.25, 0.3) is 0 Å². The van der Waals surface area contributed by atoms with Gasteiger partial charge in [0.15, 0.2) is 0 Å². The summed E-state index contributed by atoms with van der Waals surface area (Å²) in [6.07, 6.45) is -0.875. The predicted octanol–water partition coefficient (Wildman–Crippen LogP) is 2.72. The van der Waals surface area contributed by atoms with Gasteiger partial charge < -0.3 is 13.7 Å². The molecule has 1 aromatic carbocycles. The van der Waals surface area contributed by atoms with Crippen LogP contribution in [0, 0.1) is 10.1 Å².